The normalized spacial score (nSPS) is 10.8. The minimum absolute atomic E-state index is 0.175. The number of aliphatic hydroxyl groups is 2. The van der Waals surface area contributed by atoms with E-state index in [-0.39, 0.29) is 18.8 Å². The topological polar surface area (TPSA) is 40.5 Å². The minimum atomic E-state index is -0.448. The first kappa shape index (κ1) is 10.2. The molecule has 0 unspecified atom stereocenters. The Labute approximate surface area is 76.6 Å². The van der Waals surface area contributed by atoms with Crippen LogP contribution in [0.25, 0.3) is 0 Å². The van der Waals surface area contributed by atoms with E-state index in [0.29, 0.717) is 11.5 Å². The first-order valence-corrected chi connectivity index (χ1v) is 4.02. The highest BCUT2D eigenvalue weighted by Crippen LogP contribution is 2.20. The Hall–Kier alpha value is -0.930. The van der Waals surface area contributed by atoms with Crippen LogP contribution < -0.4 is 0 Å². The third-order valence-electron chi connectivity index (χ3n) is 1.95. The van der Waals surface area contributed by atoms with E-state index in [1.807, 2.05) is 0 Å². The van der Waals surface area contributed by atoms with Gasteiger partial charge in [-0.1, -0.05) is 25.1 Å². The van der Waals surface area contributed by atoms with Gasteiger partial charge in [0, 0.05) is 11.5 Å². The van der Waals surface area contributed by atoms with E-state index in [4.69, 9.17) is 10.2 Å². The molecule has 0 spiro atoms. The average molecular weight is 183 g/mol. The molecule has 0 aliphatic heterocycles. The molecule has 0 saturated heterocycles. The van der Waals surface area contributed by atoms with Gasteiger partial charge in [-0.3, -0.25) is 0 Å². The smallest absolute Gasteiger partial charge is 0.132 e. The fraction of sp³-hybridized carbons (Fsp3) is 0.300. The number of hydrogen-bond donors (Lipinski definition) is 2. The van der Waals surface area contributed by atoms with Gasteiger partial charge in [0.05, 0.1) is 13.2 Å². The third-order valence-corrected chi connectivity index (χ3v) is 1.95. The molecule has 13 heavy (non-hydrogen) atoms. The molecule has 0 aliphatic rings. The molecule has 2 nitrogen and oxygen atoms in total. The van der Waals surface area contributed by atoms with Gasteiger partial charge in [0.25, 0.3) is 0 Å². The molecule has 3 heteroatoms. The molecule has 1 rings (SSSR count). The summed E-state index contributed by atoms with van der Waals surface area (Å²) in [7, 11) is 0. The van der Waals surface area contributed by atoms with Crippen LogP contribution in [0.2, 0.25) is 0 Å². The largest absolute Gasteiger partial charge is 0.395 e. The SMILES string of the molecule is C[C](CO)c1cccc(CO)c1F. The van der Waals surface area contributed by atoms with Gasteiger partial charge >= 0.3 is 0 Å². The Morgan fingerprint density at radius 3 is 2.62 bits per heavy atom. The van der Waals surface area contributed by atoms with Crippen molar-refractivity contribution in [1.82, 2.24) is 0 Å². The van der Waals surface area contributed by atoms with Crippen LogP contribution in [0, 0.1) is 11.7 Å². The van der Waals surface area contributed by atoms with Crippen LogP contribution in [0.1, 0.15) is 18.1 Å². The average Bonchev–Trinajstić information content (AvgIpc) is 2.17. The summed E-state index contributed by atoms with van der Waals surface area (Å²) in [5, 5.41) is 17.6. The fourth-order valence-electron chi connectivity index (χ4n) is 1.12. The maximum absolute atomic E-state index is 13.4. The molecular formula is C10H12FO2. The predicted octanol–water partition coefficient (Wildman–Crippen LogP) is 1.25. The second kappa shape index (κ2) is 4.35. The summed E-state index contributed by atoms with van der Waals surface area (Å²) < 4.78 is 13.4. The van der Waals surface area contributed by atoms with Gasteiger partial charge in [-0.2, -0.15) is 0 Å². The van der Waals surface area contributed by atoms with Crippen LogP contribution in [0.3, 0.4) is 0 Å². The Morgan fingerprint density at radius 1 is 1.38 bits per heavy atom. The number of halogens is 1. The van der Waals surface area contributed by atoms with Crippen molar-refractivity contribution in [2.24, 2.45) is 0 Å². The van der Waals surface area contributed by atoms with Crippen molar-refractivity contribution in [1.29, 1.82) is 0 Å². The molecule has 1 aromatic carbocycles. The maximum atomic E-state index is 13.4. The summed E-state index contributed by atoms with van der Waals surface area (Å²) >= 11 is 0. The zero-order valence-electron chi connectivity index (χ0n) is 7.42. The lowest BCUT2D eigenvalue weighted by molar-refractivity contribution is 0.274. The van der Waals surface area contributed by atoms with Crippen LogP contribution in [0.4, 0.5) is 4.39 Å². The van der Waals surface area contributed by atoms with Crippen molar-refractivity contribution in [3.8, 4) is 0 Å². The van der Waals surface area contributed by atoms with Crippen molar-refractivity contribution >= 4 is 0 Å². The summed E-state index contributed by atoms with van der Waals surface area (Å²) in [6.45, 7) is 1.16. The van der Waals surface area contributed by atoms with Gasteiger partial charge in [0.1, 0.15) is 5.82 Å². The van der Waals surface area contributed by atoms with Gasteiger partial charge in [0.15, 0.2) is 0 Å². The number of hydrogen-bond acceptors (Lipinski definition) is 2. The third kappa shape index (κ3) is 2.05. The molecule has 0 aromatic heterocycles. The minimum Gasteiger partial charge on any atom is -0.395 e. The van der Waals surface area contributed by atoms with E-state index >= 15 is 0 Å². The molecule has 0 fully saturated rings. The lowest BCUT2D eigenvalue weighted by Crippen LogP contribution is -2.05. The van der Waals surface area contributed by atoms with Gasteiger partial charge in [-0.05, 0) is 5.56 Å². The summed E-state index contributed by atoms with van der Waals surface area (Å²) in [5.41, 5.74) is 0.624. The molecule has 0 amide bonds. The second-order valence-corrected chi connectivity index (χ2v) is 2.88. The van der Waals surface area contributed by atoms with Crippen LogP contribution in [-0.4, -0.2) is 16.8 Å². The first-order valence-electron chi connectivity index (χ1n) is 4.02. The molecule has 2 N–H and O–H groups in total. The summed E-state index contributed by atoms with van der Waals surface area (Å²) in [5.74, 6) is 0.115. The van der Waals surface area contributed by atoms with E-state index in [0.717, 1.165) is 0 Å². The zero-order valence-corrected chi connectivity index (χ0v) is 7.42. The van der Waals surface area contributed by atoms with Crippen molar-refractivity contribution in [3.63, 3.8) is 0 Å². The number of benzene rings is 1. The quantitative estimate of drug-likeness (QED) is 0.740. The summed E-state index contributed by atoms with van der Waals surface area (Å²) in [6, 6.07) is 4.76. The highest BCUT2D eigenvalue weighted by Gasteiger charge is 2.12. The Morgan fingerprint density at radius 2 is 2.08 bits per heavy atom. The van der Waals surface area contributed by atoms with Crippen LogP contribution in [0.15, 0.2) is 18.2 Å². The van der Waals surface area contributed by atoms with Crippen LogP contribution in [-0.2, 0) is 6.61 Å². The maximum Gasteiger partial charge on any atom is 0.132 e. The van der Waals surface area contributed by atoms with Crippen molar-refractivity contribution in [2.45, 2.75) is 13.5 Å². The molecule has 71 valence electrons. The predicted molar refractivity (Wildman–Crippen MR) is 47.4 cm³/mol. The van der Waals surface area contributed by atoms with Crippen LogP contribution in [0.5, 0.6) is 0 Å². The summed E-state index contributed by atoms with van der Waals surface area (Å²) in [4.78, 5) is 0. The monoisotopic (exact) mass is 183 g/mol. The van der Waals surface area contributed by atoms with Gasteiger partial charge in [-0.25, -0.2) is 4.39 Å². The molecule has 0 bridgehead atoms. The molecule has 1 aromatic rings. The number of aliphatic hydroxyl groups excluding tert-OH is 2. The van der Waals surface area contributed by atoms with E-state index in [1.54, 1.807) is 19.1 Å². The Bertz CT molecular complexity index is 286. The lowest BCUT2D eigenvalue weighted by Gasteiger charge is -2.10. The summed E-state index contributed by atoms with van der Waals surface area (Å²) in [6.07, 6.45) is 0. The number of rotatable bonds is 3. The van der Waals surface area contributed by atoms with Crippen molar-refractivity contribution in [2.75, 3.05) is 6.61 Å². The molecule has 0 atom stereocenters. The van der Waals surface area contributed by atoms with E-state index in [2.05, 4.69) is 0 Å². The van der Waals surface area contributed by atoms with E-state index in [1.165, 1.54) is 6.07 Å². The van der Waals surface area contributed by atoms with E-state index in [9.17, 15) is 4.39 Å². The van der Waals surface area contributed by atoms with Gasteiger partial charge < -0.3 is 10.2 Å². The van der Waals surface area contributed by atoms with Crippen molar-refractivity contribution < 1.29 is 14.6 Å². The molecule has 0 heterocycles. The Balaban J connectivity index is 3.08. The first-order chi connectivity index (χ1) is 6.20. The molecular weight excluding hydrogens is 171 g/mol. The Kier molecular flexibility index (Phi) is 3.39. The molecule has 0 saturated carbocycles. The lowest BCUT2D eigenvalue weighted by atomic mass is 9.99. The van der Waals surface area contributed by atoms with E-state index < -0.39 is 5.82 Å². The highest BCUT2D eigenvalue weighted by molar-refractivity contribution is 5.35. The van der Waals surface area contributed by atoms with Crippen molar-refractivity contribution in [3.05, 3.63) is 41.1 Å². The fourth-order valence-corrected chi connectivity index (χ4v) is 1.12. The van der Waals surface area contributed by atoms with Gasteiger partial charge in [0.2, 0.25) is 0 Å². The zero-order chi connectivity index (χ0) is 9.84. The molecule has 0 aliphatic carbocycles. The second-order valence-electron chi connectivity index (χ2n) is 2.88. The highest BCUT2D eigenvalue weighted by atomic mass is 19.1. The van der Waals surface area contributed by atoms with Crippen LogP contribution >= 0.6 is 0 Å². The molecule has 1 radical (unpaired) electrons. The van der Waals surface area contributed by atoms with Gasteiger partial charge in [-0.15, -0.1) is 0 Å². The standard InChI is InChI=1S/C10H12FO2/c1-7(5-12)9-4-2-3-8(6-13)10(9)11/h2-4,12-13H,5-6H2,1H3.